The fourth-order valence-electron chi connectivity index (χ4n) is 2.66. The largest absolute Gasteiger partial charge is 0.377 e. The molecular formula is C15H25N3O3. The van der Waals surface area contributed by atoms with Crippen LogP contribution in [-0.4, -0.2) is 48.7 Å². The predicted octanol–water partition coefficient (Wildman–Crippen LogP) is 1.67. The molecule has 1 saturated heterocycles. The van der Waals surface area contributed by atoms with Crippen LogP contribution < -0.4 is 5.32 Å². The smallest absolute Gasteiger partial charge is 0.276 e. The first-order chi connectivity index (χ1) is 10.1. The summed E-state index contributed by atoms with van der Waals surface area (Å²) in [6.07, 6.45) is 2.34. The third-order valence-electron chi connectivity index (χ3n) is 3.80. The fraction of sp³-hybridized carbons (Fsp3) is 0.733. The fourth-order valence-corrected chi connectivity index (χ4v) is 2.66. The molecule has 1 unspecified atom stereocenters. The quantitative estimate of drug-likeness (QED) is 0.864. The summed E-state index contributed by atoms with van der Waals surface area (Å²) in [6.45, 7) is 7.21. The number of hydrogen-bond donors (Lipinski definition) is 1. The third-order valence-corrected chi connectivity index (χ3v) is 3.80. The van der Waals surface area contributed by atoms with Gasteiger partial charge in [0, 0.05) is 25.8 Å². The summed E-state index contributed by atoms with van der Waals surface area (Å²) < 4.78 is 10.1. The normalized spacial score (nSPS) is 19.0. The number of aromatic nitrogens is 1. The van der Waals surface area contributed by atoms with E-state index in [-0.39, 0.29) is 11.9 Å². The van der Waals surface area contributed by atoms with E-state index in [1.54, 1.807) is 13.2 Å². The number of piperidine rings is 1. The molecule has 0 saturated carbocycles. The molecule has 2 rings (SSSR count). The Kier molecular flexibility index (Phi) is 5.76. The topological polar surface area (TPSA) is 67.6 Å². The second kappa shape index (κ2) is 7.56. The van der Waals surface area contributed by atoms with Crippen molar-refractivity contribution in [1.29, 1.82) is 0 Å². The molecule has 0 spiro atoms. The summed E-state index contributed by atoms with van der Waals surface area (Å²) in [4.78, 5) is 14.5. The molecule has 0 bridgehead atoms. The molecule has 0 aromatic carbocycles. The molecular weight excluding hydrogens is 270 g/mol. The zero-order valence-electron chi connectivity index (χ0n) is 13.1. The predicted molar refractivity (Wildman–Crippen MR) is 79.0 cm³/mol. The number of amides is 1. The lowest BCUT2D eigenvalue weighted by atomic mass is 9.98. The molecule has 1 atom stereocenters. The molecule has 1 amide bonds. The first-order valence-corrected chi connectivity index (χ1v) is 7.58. The van der Waals surface area contributed by atoms with Crippen LogP contribution in [0.4, 0.5) is 0 Å². The summed E-state index contributed by atoms with van der Waals surface area (Å²) in [5.74, 6) is 1.01. The zero-order valence-corrected chi connectivity index (χ0v) is 13.1. The van der Waals surface area contributed by atoms with Gasteiger partial charge in [0.05, 0.1) is 0 Å². The molecule has 1 N–H and O–H groups in total. The minimum Gasteiger partial charge on any atom is -0.377 e. The van der Waals surface area contributed by atoms with Gasteiger partial charge in [-0.1, -0.05) is 5.16 Å². The van der Waals surface area contributed by atoms with E-state index in [9.17, 15) is 4.79 Å². The average molecular weight is 295 g/mol. The number of rotatable bonds is 6. The van der Waals surface area contributed by atoms with Gasteiger partial charge in [-0.3, -0.25) is 4.79 Å². The van der Waals surface area contributed by atoms with Crippen molar-refractivity contribution >= 4 is 5.91 Å². The first-order valence-electron chi connectivity index (χ1n) is 7.58. The van der Waals surface area contributed by atoms with E-state index < -0.39 is 0 Å². The number of hydrogen-bond acceptors (Lipinski definition) is 5. The van der Waals surface area contributed by atoms with Crippen molar-refractivity contribution in [3.8, 4) is 0 Å². The molecule has 21 heavy (non-hydrogen) atoms. The van der Waals surface area contributed by atoms with Crippen LogP contribution in [0.15, 0.2) is 10.6 Å². The molecule has 1 fully saturated rings. The highest BCUT2D eigenvalue weighted by Gasteiger charge is 2.26. The monoisotopic (exact) mass is 295 g/mol. The van der Waals surface area contributed by atoms with Gasteiger partial charge >= 0.3 is 0 Å². The number of carbonyl (C=O) groups is 1. The zero-order chi connectivity index (χ0) is 15.2. The Hall–Kier alpha value is -1.40. The Balaban J connectivity index is 2.03. The number of nitrogens with one attached hydrogen (secondary N) is 1. The summed E-state index contributed by atoms with van der Waals surface area (Å²) in [5.41, 5.74) is 0.361. The van der Waals surface area contributed by atoms with Crippen molar-refractivity contribution in [3.63, 3.8) is 0 Å². The number of nitrogens with zero attached hydrogens (tertiary/aromatic N) is 2. The van der Waals surface area contributed by atoms with Crippen molar-refractivity contribution < 1.29 is 14.1 Å². The molecule has 118 valence electrons. The Morgan fingerprint density at radius 1 is 1.62 bits per heavy atom. The second-order valence-electron chi connectivity index (χ2n) is 5.88. The van der Waals surface area contributed by atoms with Crippen molar-refractivity contribution in [3.05, 3.63) is 17.5 Å². The highest BCUT2D eigenvalue weighted by atomic mass is 16.5. The van der Waals surface area contributed by atoms with E-state index in [1.165, 1.54) is 6.42 Å². The molecule has 1 aromatic heterocycles. The van der Waals surface area contributed by atoms with Crippen molar-refractivity contribution in [2.45, 2.75) is 39.3 Å². The maximum atomic E-state index is 12.6. The van der Waals surface area contributed by atoms with Crippen molar-refractivity contribution in [2.24, 2.45) is 5.92 Å². The second-order valence-corrected chi connectivity index (χ2v) is 5.88. The maximum Gasteiger partial charge on any atom is 0.276 e. The van der Waals surface area contributed by atoms with Gasteiger partial charge in [0.2, 0.25) is 0 Å². The van der Waals surface area contributed by atoms with Crippen LogP contribution >= 0.6 is 0 Å². The van der Waals surface area contributed by atoms with Gasteiger partial charge in [0.25, 0.3) is 5.91 Å². The van der Waals surface area contributed by atoms with Gasteiger partial charge in [-0.05, 0) is 45.7 Å². The van der Waals surface area contributed by atoms with E-state index in [0.29, 0.717) is 24.0 Å². The lowest BCUT2D eigenvalue weighted by Crippen LogP contribution is -2.44. The van der Waals surface area contributed by atoms with Crippen LogP contribution in [-0.2, 0) is 11.3 Å². The van der Waals surface area contributed by atoms with E-state index in [2.05, 4.69) is 10.5 Å². The molecule has 0 radical (unpaired) electrons. The van der Waals surface area contributed by atoms with Crippen LogP contribution in [0, 0.1) is 5.92 Å². The average Bonchev–Trinajstić information content (AvgIpc) is 2.94. The summed E-state index contributed by atoms with van der Waals surface area (Å²) in [7, 11) is 1.58. The SMILES string of the molecule is COCc1cc(C(=O)N(CC2CCCNC2)C(C)C)no1. The Morgan fingerprint density at radius 3 is 3.05 bits per heavy atom. The highest BCUT2D eigenvalue weighted by molar-refractivity contribution is 5.92. The molecule has 0 aliphatic carbocycles. The minimum absolute atomic E-state index is 0.0679. The number of ether oxygens (including phenoxy) is 1. The molecule has 1 aromatic rings. The van der Waals surface area contributed by atoms with Gasteiger partial charge in [0.1, 0.15) is 6.61 Å². The van der Waals surface area contributed by atoms with Crippen LogP contribution in [0.2, 0.25) is 0 Å². The Labute approximate surface area is 125 Å². The van der Waals surface area contributed by atoms with Gasteiger partial charge in [-0.25, -0.2) is 0 Å². The van der Waals surface area contributed by atoms with E-state index in [1.807, 2.05) is 18.7 Å². The highest BCUT2D eigenvalue weighted by Crippen LogP contribution is 2.16. The lowest BCUT2D eigenvalue weighted by Gasteiger charge is -2.32. The summed E-state index contributed by atoms with van der Waals surface area (Å²) >= 11 is 0. The van der Waals surface area contributed by atoms with E-state index >= 15 is 0 Å². The van der Waals surface area contributed by atoms with Crippen LogP contribution in [0.25, 0.3) is 0 Å². The maximum absolute atomic E-state index is 12.6. The van der Waals surface area contributed by atoms with Crippen molar-refractivity contribution in [1.82, 2.24) is 15.4 Å². The Bertz CT molecular complexity index is 453. The Morgan fingerprint density at radius 2 is 2.43 bits per heavy atom. The van der Waals surface area contributed by atoms with Gasteiger partial charge < -0.3 is 19.5 Å². The van der Waals surface area contributed by atoms with Crippen LogP contribution in [0.5, 0.6) is 0 Å². The van der Waals surface area contributed by atoms with Gasteiger partial charge in [-0.15, -0.1) is 0 Å². The lowest BCUT2D eigenvalue weighted by molar-refractivity contribution is 0.0650. The molecule has 1 aliphatic rings. The van der Waals surface area contributed by atoms with Gasteiger partial charge in [0.15, 0.2) is 11.5 Å². The molecule has 6 heteroatoms. The summed E-state index contributed by atoms with van der Waals surface area (Å²) in [5, 5.41) is 7.26. The standard InChI is InChI=1S/C15H25N3O3/c1-11(2)18(9-12-5-4-6-16-8-12)15(19)14-7-13(10-20-3)21-17-14/h7,11-12,16H,4-6,8-10H2,1-3H3. The minimum atomic E-state index is -0.0679. The molecule has 2 heterocycles. The molecule has 6 nitrogen and oxygen atoms in total. The van der Waals surface area contributed by atoms with E-state index in [4.69, 9.17) is 9.26 Å². The van der Waals surface area contributed by atoms with Crippen LogP contribution in [0.1, 0.15) is 42.9 Å². The number of carbonyl (C=O) groups excluding carboxylic acids is 1. The van der Waals surface area contributed by atoms with E-state index in [0.717, 1.165) is 26.1 Å². The van der Waals surface area contributed by atoms with Crippen LogP contribution in [0.3, 0.4) is 0 Å². The number of methoxy groups -OCH3 is 1. The van der Waals surface area contributed by atoms with Gasteiger partial charge in [-0.2, -0.15) is 0 Å². The third kappa shape index (κ3) is 4.28. The molecule has 1 aliphatic heterocycles. The summed E-state index contributed by atoms with van der Waals surface area (Å²) in [6, 6.07) is 1.81. The first kappa shape index (κ1) is 16.0. The van der Waals surface area contributed by atoms with Crippen molar-refractivity contribution in [2.75, 3.05) is 26.7 Å².